The fraction of sp³-hybridized carbons (Fsp3) is 0.952. The van der Waals surface area contributed by atoms with Crippen LogP contribution in [0.1, 0.15) is 92.9 Å². The molecule has 3 atom stereocenters. The standard InChI is InChI=1S/C21H39IO4/c1-7-19(6,22)18(23)26-17-13-15(20(24,8-2)9-3)12-16(14-17)21(25,10-4)11-5/h15-17,24-25H,7-14H2,1-6H3. The summed E-state index contributed by atoms with van der Waals surface area (Å²) in [6, 6.07) is 0. The lowest BCUT2D eigenvalue weighted by molar-refractivity contribution is -0.164. The maximum absolute atomic E-state index is 12.6. The highest BCUT2D eigenvalue weighted by Crippen LogP contribution is 2.46. The first-order chi connectivity index (χ1) is 12.0. The normalized spacial score (nSPS) is 27.0. The van der Waals surface area contributed by atoms with Gasteiger partial charge in [0.25, 0.3) is 0 Å². The Balaban J connectivity index is 3.09. The summed E-state index contributed by atoms with van der Waals surface area (Å²) in [5, 5.41) is 22.2. The second kappa shape index (κ2) is 9.55. The molecular formula is C21H39IO4. The number of ether oxygens (including phenoxy) is 1. The molecule has 2 N–H and O–H groups in total. The minimum absolute atomic E-state index is 0.0424. The van der Waals surface area contributed by atoms with Crippen LogP contribution in [0.15, 0.2) is 0 Å². The van der Waals surface area contributed by atoms with Crippen molar-refractivity contribution < 1.29 is 19.7 Å². The van der Waals surface area contributed by atoms with E-state index in [-0.39, 0.29) is 23.9 Å². The van der Waals surface area contributed by atoms with Crippen LogP contribution in [0.5, 0.6) is 0 Å². The van der Waals surface area contributed by atoms with Crippen LogP contribution in [0.4, 0.5) is 0 Å². The zero-order valence-corrected chi connectivity index (χ0v) is 19.6. The highest BCUT2D eigenvalue weighted by atomic mass is 127. The Morgan fingerprint density at radius 1 is 0.885 bits per heavy atom. The van der Waals surface area contributed by atoms with Crippen molar-refractivity contribution in [3.05, 3.63) is 0 Å². The molecule has 0 aromatic rings. The summed E-state index contributed by atoms with van der Waals surface area (Å²) in [7, 11) is 0. The molecule has 0 radical (unpaired) electrons. The molecule has 0 heterocycles. The number of carbonyl (C=O) groups is 1. The lowest BCUT2D eigenvalue weighted by Crippen LogP contribution is -2.50. The maximum Gasteiger partial charge on any atom is 0.322 e. The van der Waals surface area contributed by atoms with E-state index in [1.807, 2.05) is 41.5 Å². The predicted octanol–water partition coefficient (Wildman–Crippen LogP) is 5.02. The molecule has 4 nitrogen and oxygen atoms in total. The van der Waals surface area contributed by atoms with Crippen LogP contribution >= 0.6 is 22.6 Å². The van der Waals surface area contributed by atoms with Crippen molar-refractivity contribution in [2.24, 2.45) is 11.8 Å². The van der Waals surface area contributed by atoms with Gasteiger partial charge in [-0.3, -0.25) is 4.79 Å². The van der Waals surface area contributed by atoms with Crippen LogP contribution < -0.4 is 0 Å². The first-order valence-corrected chi connectivity index (χ1v) is 11.4. The molecule has 0 saturated heterocycles. The van der Waals surface area contributed by atoms with E-state index in [4.69, 9.17) is 4.74 Å². The third kappa shape index (κ3) is 5.34. The lowest BCUT2D eigenvalue weighted by atomic mass is 9.64. The quantitative estimate of drug-likeness (QED) is 0.275. The van der Waals surface area contributed by atoms with Gasteiger partial charge in [-0.25, -0.2) is 0 Å². The molecule has 0 aromatic heterocycles. The highest BCUT2D eigenvalue weighted by Gasteiger charge is 2.47. The Morgan fingerprint density at radius 3 is 1.58 bits per heavy atom. The summed E-state index contributed by atoms with van der Waals surface area (Å²) >= 11 is 2.16. The smallest absolute Gasteiger partial charge is 0.322 e. The van der Waals surface area contributed by atoms with Gasteiger partial charge in [-0.2, -0.15) is 0 Å². The lowest BCUT2D eigenvalue weighted by Gasteiger charge is -2.47. The zero-order valence-electron chi connectivity index (χ0n) is 17.5. The minimum Gasteiger partial charge on any atom is -0.461 e. The molecule has 0 bridgehead atoms. The Hall–Kier alpha value is 0.120. The highest BCUT2D eigenvalue weighted by molar-refractivity contribution is 14.1. The SMILES string of the molecule is CCC(C)(I)C(=O)OC1CC(C(O)(CC)CC)CC(C(O)(CC)CC)C1. The number of rotatable bonds is 9. The van der Waals surface area contributed by atoms with E-state index in [1.54, 1.807) is 0 Å². The molecule has 1 saturated carbocycles. The Bertz CT molecular complexity index is 429. The molecule has 0 spiro atoms. The first kappa shape index (κ1) is 24.2. The van der Waals surface area contributed by atoms with Gasteiger partial charge in [0.05, 0.1) is 11.2 Å². The number of carbonyl (C=O) groups excluding carboxylic acids is 1. The monoisotopic (exact) mass is 482 g/mol. The van der Waals surface area contributed by atoms with E-state index in [9.17, 15) is 15.0 Å². The topological polar surface area (TPSA) is 66.8 Å². The number of aliphatic hydroxyl groups is 2. The van der Waals surface area contributed by atoms with Crippen molar-refractivity contribution in [1.82, 2.24) is 0 Å². The van der Waals surface area contributed by atoms with Gasteiger partial charge in [0, 0.05) is 0 Å². The third-order valence-corrected chi connectivity index (χ3v) is 8.20. The molecule has 0 amide bonds. The summed E-state index contributed by atoms with van der Waals surface area (Å²) in [6.45, 7) is 11.9. The van der Waals surface area contributed by atoms with E-state index < -0.39 is 14.6 Å². The average molecular weight is 482 g/mol. The molecule has 3 unspecified atom stereocenters. The largest absolute Gasteiger partial charge is 0.461 e. The number of esters is 1. The van der Waals surface area contributed by atoms with Crippen LogP contribution in [0.3, 0.4) is 0 Å². The summed E-state index contributed by atoms with van der Waals surface area (Å²) in [4.78, 5) is 12.6. The molecule has 1 aliphatic rings. The van der Waals surface area contributed by atoms with Crippen molar-refractivity contribution in [3.63, 3.8) is 0 Å². The number of hydrogen-bond donors (Lipinski definition) is 2. The number of hydrogen-bond acceptors (Lipinski definition) is 4. The van der Waals surface area contributed by atoms with Gasteiger partial charge in [-0.1, -0.05) is 57.2 Å². The maximum atomic E-state index is 12.6. The van der Waals surface area contributed by atoms with E-state index in [1.165, 1.54) is 0 Å². The Labute approximate surface area is 173 Å². The molecule has 1 fully saturated rings. The minimum atomic E-state index is -0.760. The fourth-order valence-corrected chi connectivity index (χ4v) is 4.44. The van der Waals surface area contributed by atoms with Gasteiger partial charge in [0.15, 0.2) is 0 Å². The van der Waals surface area contributed by atoms with E-state index in [0.29, 0.717) is 44.9 Å². The number of alkyl halides is 1. The van der Waals surface area contributed by atoms with Gasteiger partial charge in [0.1, 0.15) is 9.53 Å². The van der Waals surface area contributed by atoms with E-state index in [0.717, 1.165) is 6.42 Å². The predicted molar refractivity (Wildman–Crippen MR) is 114 cm³/mol. The molecule has 0 aromatic carbocycles. The summed E-state index contributed by atoms with van der Waals surface area (Å²) in [5.41, 5.74) is -1.52. The van der Waals surface area contributed by atoms with Gasteiger partial charge in [-0.15, -0.1) is 0 Å². The van der Waals surface area contributed by atoms with Crippen molar-refractivity contribution in [1.29, 1.82) is 0 Å². The summed E-state index contributed by atoms with van der Waals surface area (Å²) in [5.74, 6) is -0.0976. The molecule has 1 rings (SSSR count). The zero-order chi connectivity index (χ0) is 20.2. The fourth-order valence-electron chi connectivity index (χ4n) is 4.31. The van der Waals surface area contributed by atoms with Gasteiger partial charge < -0.3 is 14.9 Å². The second-order valence-corrected chi connectivity index (χ2v) is 10.7. The van der Waals surface area contributed by atoms with Gasteiger partial charge in [0.2, 0.25) is 0 Å². The van der Waals surface area contributed by atoms with Crippen molar-refractivity contribution in [2.45, 2.75) is 114 Å². The average Bonchev–Trinajstić information content (AvgIpc) is 2.66. The van der Waals surface area contributed by atoms with Gasteiger partial charge >= 0.3 is 5.97 Å². The second-order valence-electron chi connectivity index (χ2n) is 8.30. The summed E-state index contributed by atoms with van der Waals surface area (Å²) in [6.07, 6.45) is 5.35. The molecule has 1 aliphatic carbocycles. The molecule has 26 heavy (non-hydrogen) atoms. The van der Waals surface area contributed by atoms with Crippen molar-refractivity contribution >= 4 is 28.6 Å². The van der Waals surface area contributed by atoms with Gasteiger partial charge in [-0.05, 0) is 70.1 Å². The van der Waals surface area contributed by atoms with Crippen LogP contribution in [0.25, 0.3) is 0 Å². The van der Waals surface area contributed by atoms with Crippen LogP contribution in [0.2, 0.25) is 0 Å². The van der Waals surface area contributed by atoms with Crippen molar-refractivity contribution in [3.8, 4) is 0 Å². The summed E-state index contributed by atoms with van der Waals surface area (Å²) < 4.78 is 5.38. The van der Waals surface area contributed by atoms with E-state index in [2.05, 4.69) is 22.6 Å². The third-order valence-electron chi connectivity index (χ3n) is 7.00. The molecule has 154 valence electrons. The first-order valence-electron chi connectivity index (χ1n) is 10.4. The van der Waals surface area contributed by atoms with Crippen LogP contribution in [-0.4, -0.2) is 36.9 Å². The molecule has 0 aliphatic heterocycles. The van der Waals surface area contributed by atoms with Crippen molar-refractivity contribution in [2.75, 3.05) is 0 Å². The Morgan fingerprint density at radius 2 is 1.27 bits per heavy atom. The number of halogens is 1. The van der Waals surface area contributed by atoms with Crippen LogP contribution in [-0.2, 0) is 9.53 Å². The molecule has 5 heteroatoms. The van der Waals surface area contributed by atoms with E-state index >= 15 is 0 Å². The molecular weight excluding hydrogens is 443 g/mol. The Kier molecular flexibility index (Phi) is 8.87. The van der Waals surface area contributed by atoms with Crippen LogP contribution in [0, 0.1) is 11.8 Å².